The smallest absolute Gasteiger partial charge is 0.0963 e. The molecule has 0 aliphatic carbocycles. The minimum atomic E-state index is -0.826. The first-order valence-corrected chi connectivity index (χ1v) is 15.6. The molecule has 8 rings (SSSR count). The van der Waals surface area contributed by atoms with Crippen LogP contribution in [0.5, 0.6) is 0 Å². The minimum Gasteiger partial charge on any atom is -0.307 e. The zero-order valence-electron chi connectivity index (χ0n) is 22.9. The number of rotatable bonds is 5. The molecule has 0 saturated heterocycles. The zero-order chi connectivity index (χ0) is 27.9. The second-order valence-corrected chi connectivity index (χ2v) is 12.6. The van der Waals surface area contributed by atoms with Crippen LogP contribution in [0.2, 0.25) is 0 Å². The lowest BCUT2D eigenvalue weighted by Crippen LogP contribution is -2.22. The lowest BCUT2D eigenvalue weighted by atomic mass is 10.0. The van der Waals surface area contributed by atoms with Gasteiger partial charge in [-0.25, -0.2) is 4.98 Å². The second kappa shape index (κ2) is 10.4. The van der Waals surface area contributed by atoms with Gasteiger partial charge in [0.2, 0.25) is 0 Å². The van der Waals surface area contributed by atoms with Crippen molar-refractivity contribution in [2.75, 3.05) is 0 Å². The largest absolute Gasteiger partial charge is 0.307 e. The summed E-state index contributed by atoms with van der Waals surface area (Å²) in [6, 6.07) is 58.8. The van der Waals surface area contributed by atoms with Crippen LogP contribution in [0.4, 0.5) is 0 Å². The maximum atomic E-state index is 5.47. The van der Waals surface area contributed by atoms with E-state index in [4.69, 9.17) is 4.98 Å². The first-order valence-electron chi connectivity index (χ1n) is 14.3. The number of pyridine rings is 1. The summed E-state index contributed by atoms with van der Waals surface area (Å²) < 4.78 is 2.41. The van der Waals surface area contributed by atoms with Gasteiger partial charge in [0.05, 0.1) is 22.2 Å². The van der Waals surface area contributed by atoms with E-state index in [1.165, 1.54) is 43.2 Å². The average Bonchev–Trinajstić information content (AvgIpc) is 3.42. The van der Waals surface area contributed by atoms with Gasteiger partial charge < -0.3 is 4.57 Å². The van der Waals surface area contributed by atoms with Gasteiger partial charge in [0.15, 0.2) is 0 Å². The van der Waals surface area contributed by atoms with Gasteiger partial charge >= 0.3 is 0 Å². The van der Waals surface area contributed by atoms with Gasteiger partial charge in [-0.1, -0.05) is 140 Å². The van der Waals surface area contributed by atoms with Gasteiger partial charge in [-0.3, -0.25) is 0 Å². The summed E-state index contributed by atoms with van der Waals surface area (Å²) >= 11 is 0. The standard InChI is InChI=1S/C39H27N2P/c1-4-16-28(17-5-1)41-35-26-14-11-23-32(35)37-31-22-10-13-25-34(31)40-38(39(37)41)33-24-12-15-27-36(33)42(29-18-6-2-7-19-29)30-20-8-3-9-21-30/h1-27H. The Hall–Kier alpha value is -5.04. The summed E-state index contributed by atoms with van der Waals surface area (Å²) in [5.74, 6) is 0. The van der Waals surface area contributed by atoms with Crippen LogP contribution in [0.15, 0.2) is 164 Å². The quantitative estimate of drug-likeness (QED) is 0.195. The highest BCUT2D eigenvalue weighted by Gasteiger charge is 2.25. The lowest BCUT2D eigenvalue weighted by Gasteiger charge is -2.23. The Bertz CT molecular complexity index is 2150. The van der Waals surface area contributed by atoms with Gasteiger partial charge in [0.1, 0.15) is 0 Å². The van der Waals surface area contributed by atoms with Crippen molar-refractivity contribution < 1.29 is 0 Å². The van der Waals surface area contributed by atoms with Gasteiger partial charge in [-0.2, -0.15) is 0 Å². The first kappa shape index (κ1) is 24.7. The molecule has 0 atom stereocenters. The van der Waals surface area contributed by atoms with Crippen LogP contribution in [0.3, 0.4) is 0 Å². The molecule has 42 heavy (non-hydrogen) atoms. The van der Waals surface area contributed by atoms with Crippen LogP contribution >= 0.6 is 7.92 Å². The highest BCUT2D eigenvalue weighted by Crippen LogP contribution is 2.43. The van der Waals surface area contributed by atoms with E-state index in [0.29, 0.717) is 0 Å². The van der Waals surface area contributed by atoms with E-state index in [0.717, 1.165) is 22.4 Å². The summed E-state index contributed by atoms with van der Waals surface area (Å²) in [4.78, 5) is 5.47. The maximum absolute atomic E-state index is 5.47. The number of nitrogens with zero attached hydrogens (tertiary/aromatic N) is 2. The monoisotopic (exact) mass is 554 g/mol. The molecule has 0 amide bonds. The van der Waals surface area contributed by atoms with E-state index < -0.39 is 7.92 Å². The molecule has 6 aromatic carbocycles. The predicted molar refractivity (Wildman–Crippen MR) is 180 cm³/mol. The predicted octanol–water partition coefficient (Wildman–Crippen LogP) is 8.76. The third kappa shape index (κ3) is 4.04. The molecule has 0 saturated carbocycles. The number of hydrogen-bond acceptors (Lipinski definition) is 1. The van der Waals surface area contributed by atoms with Crippen molar-refractivity contribution in [3.63, 3.8) is 0 Å². The number of aromatic nitrogens is 2. The Morgan fingerprint density at radius 3 is 1.74 bits per heavy atom. The molecule has 0 N–H and O–H groups in total. The fourth-order valence-corrected chi connectivity index (χ4v) is 8.63. The van der Waals surface area contributed by atoms with Crippen LogP contribution in [0.25, 0.3) is 49.7 Å². The van der Waals surface area contributed by atoms with Gasteiger partial charge in [0, 0.05) is 27.4 Å². The Morgan fingerprint density at radius 2 is 1.02 bits per heavy atom. The summed E-state index contributed by atoms with van der Waals surface area (Å²) in [7, 11) is -0.826. The van der Waals surface area contributed by atoms with Crippen LogP contribution < -0.4 is 15.9 Å². The normalized spacial score (nSPS) is 11.5. The highest BCUT2D eigenvalue weighted by atomic mass is 31.1. The highest BCUT2D eigenvalue weighted by molar-refractivity contribution is 7.80. The summed E-state index contributed by atoms with van der Waals surface area (Å²) in [5, 5.41) is 7.61. The third-order valence-electron chi connectivity index (χ3n) is 7.95. The van der Waals surface area contributed by atoms with E-state index >= 15 is 0 Å². The number of para-hydroxylation sites is 3. The van der Waals surface area contributed by atoms with Crippen molar-refractivity contribution in [1.82, 2.24) is 9.55 Å². The van der Waals surface area contributed by atoms with Crippen molar-refractivity contribution in [3.8, 4) is 16.9 Å². The molecule has 198 valence electrons. The molecule has 0 bridgehead atoms. The zero-order valence-corrected chi connectivity index (χ0v) is 23.8. The topological polar surface area (TPSA) is 17.8 Å². The van der Waals surface area contributed by atoms with E-state index in [1.807, 2.05) is 0 Å². The molecule has 0 aliphatic heterocycles. The van der Waals surface area contributed by atoms with Crippen molar-refractivity contribution in [2.45, 2.75) is 0 Å². The second-order valence-electron chi connectivity index (χ2n) is 10.4. The number of hydrogen-bond donors (Lipinski definition) is 0. The van der Waals surface area contributed by atoms with Crippen LogP contribution in [-0.2, 0) is 0 Å². The van der Waals surface area contributed by atoms with Crippen LogP contribution in [0, 0.1) is 0 Å². The van der Waals surface area contributed by atoms with E-state index in [1.54, 1.807) is 0 Å². The molecule has 0 aliphatic rings. The Balaban J connectivity index is 1.53. The average molecular weight is 555 g/mol. The number of benzene rings is 6. The van der Waals surface area contributed by atoms with E-state index in [2.05, 4.69) is 168 Å². The van der Waals surface area contributed by atoms with Gasteiger partial charge in [-0.05, 0) is 48.1 Å². The fourth-order valence-electron chi connectivity index (χ4n) is 6.18. The molecule has 3 heteroatoms. The molecule has 0 radical (unpaired) electrons. The molecule has 2 nitrogen and oxygen atoms in total. The third-order valence-corrected chi connectivity index (χ3v) is 10.4. The molecule has 0 spiro atoms. The minimum absolute atomic E-state index is 0.826. The fraction of sp³-hybridized carbons (Fsp3) is 0. The van der Waals surface area contributed by atoms with E-state index in [9.17, 15) is 0 Å². The molecule has 2 aromatic heterocycles. The van der Waals surface area contributed by atoms with Crippen molar-refractivity contribution in [3.05, 3.63) is 164 Å². The Morgan fingerprint density at radius 1 is 0.476 bits per heavy atom. The van der Waals surface area contributed by atoms with Crippen molar-refractivity contribution in [1.29, 1.82) is 0 Å². The van der Waals surface area contributed by atoms with E-state index in [-0.39, 0.29) is 0 Å². The summed E-state index contributed by atoms with van der Waals surface area (Å²) in [5.41, 5.74) is 6.65. The molecule has 0 unspecified atom stereocenters. The Labute approximate surface area is 246 Å². The van der Waals surface area contributed by atoms with Crippen molar-refractivity contribution >= 4 is 56.5 Å². The van der Waals surface area contributed by atoms with Crippen LogP contribution in [-0.4, -0.2) is 9.55 Å². The molecular weight excluding hydrogens is 527 g/mol. The SMILES string of the molecule is c1ccc(-n2c3ccccc3c3c4ccccc4nc(-c4ccccc4P(c4ccccc4)c4ccccc4)c32)cc1. The first-order chi connectivity index (χ1) is 20.9. The summed E-state index contributed by atoms with van der Waals surface area (Å²) in [6.07, 6.45) is 0. The van der Waals surface area contributed by atoms with Crippen molar-refractivity contribution in [2.24, 2.45) is 0 Å². The Kier molecular flexibility index (Phi) is 6.13. The lowest BCUT2D eigenvalue weighted by molar-refractivity contribution is 1.17. The molecule has 0 fully saturated rings. The van der Waals surface area contributed by atoms with Gasteiger partial charge in [-0.15, -0.1) is 0 Å². The molecule has 8 aromatic rings. The summed E-state index contributed by atoms with van der Waals surface area (Å²) in [6.45, 7) is 0. The van der Waals surface area contributed by atoms with Gasteiger partial charge in [0.25, 0.3) is 0 Å². The van der Waals surface area contributed by atoms with Crippen LogP contribution in [0.1, 0.15) is 0 Å². The molecular formula is C39H27N2P. The number of fused-ring (bicyclic) bond motifs is 5. The molecule has 2 heterocycles. The maximum Gasteiger partial charge on any atom is 0.0963 e.